The van der Waals surface area contributed by atoms with Crippen molar-refractivity contribution >= 4 is 12.3 Å². The SMILES string of the molecule is C[C@H](C=O)CCCCC[C@H](CCCCC=CC(=O)O)Cc1ccc(O)cc1. The normalized spacial score (nSPS) is 13.5. The predicted molar refractivity (Wildman–Crippen MR) is 109 cm³/mol. The van der Waals surface area contributed by atoms with Crippen molar-refractivity contribution in [2.45, 2.75) is 71.1 Å². The van der Waals surface area contributed by atoms with Gasteiger partial charge in [-0.15, -0.1) is 0 Å². The minimum absolute atomic E-state index is 0.164. The molecule has 1 aromatic carbocycles. The summed E-state index contributed by atoms with van der Waals surface area (Å²) in [6, 6.07) is 7.46. The van der Waals surface area contributed by atoms with Gasteiger partial charge in [-0.1, -0.05) is 63.7 Å². The molecule has 2 N–H and O–H groups in total. The molecule has 27 heavy (non-hydrogen) atoms. The fourth-order valence-electron chi connectivity index (χ4n) is 3.34. The first-order valence-electron chi connectivity index (χ1n) is 10.1. The Morgan fingerprint density at radius 3 is 2.26 bits per heavy atom. The van der Waals surface area contributed by atoms with Crippen molar-refractivity contribution in [3.05, 3.63) is 42.0 Å². The van der Waals surface area contributed by atoms with Crippen LogP contribution in [0.2, 0.25) is 0 Å². The van der Waals surface area contributed by atoms with Crippen LogP contribution in [0.3, 0.4) is 0 Å². The second-order valence-corrected chi connectivity index (χ2v) is 7.51. The number of rotatable bonds is 15. The molecule has 0 spiro atoms. The Bertz CT molecular complexity index is 562. The van der Waals surface area contributed by atoms with Gasteiger partial charge in [-0.3, -0.25) is 0 Å². The lowest BCUT2D eigenvalue weighted by atomic mass is 9.88. The molecule has 4 heteroatoms. The lowest BCUT2D eigenvalue weighted by Gasteiger charge is -2.17. The second kappa shape index (κ2) is 14.0. The highest BCUT2D eigenvalue weighted by Gasteiger charge is 2.10. The van der Waals surface area contributed by atoms with Gasteiger partial charge in [0.1, 0.15) is 12.0 Å². The third-order valence-electron chi connectivity index (χ3n) is 4.96. The number of carboxylic acid groups (broad SMARTS) is 1. The summed E-state index contributed by atoms with van der Waals surface area (Å²) in [7, 11) is 0. The topological polar surface area (TPSA) is 74.6 Å². The van der Waals surface area contributed by atoms with Crippen LogP contribution < -0.4 is 0 Å². The Kier molecular flexibility index (Phi) is 11.9. The van der Waals surface area contributed by atoms with Gasteiger partial charge in [0.15, 0.2) is 0 Å². The van der Waals surface area contributed by atoms with E-state index < -0.39 is 5.97 Å². The molecule has 1 rings (SSSR count). The molecule has 4 nitrogen and oxygen atoms in total. The number of phenolic OH excluding ortho intramolecular Hbond substituents is 1. The minimum atomic E-state index is -0.885. The molecule has 150 valence electrons. The van der Waals surface area contributed by atoms with Crippen LogP contribution in [0.15, 0.2) is 36.4 Å². The Morgan fingerprint density at radius 1 is 1.00 bits per heavy atom. The number of hydrogen-bond acceptors (Lipinski definition) is 3. The van der Waals surface area contributed by atoms with Gasteiger partial charge in [-0.2, -0.15) is 0 Å². The number of allylic oxidation sites excluding steroid dienone is 1. The van der Waals surface area contributed by atoms with Gasteiger partial charge < -0.3 is 15.0 Å². The van der Waals surface area contributed by atoms with Gasteiger partial charge in [0.2, 0.25) is 0 Å². The molecule has 0 aliphatic rings. The maximum absolute atomic E-state index is 10.7. The molecule has 0 fully saturated rings. The molecule has 0 unspecified atom stereocenters. The van der Waals surface area contributed by atoms with E-state index in [0.717, 1.165) is 57.7 Å². The number of carboxylic acids is 1. The van der Waals surface area contributed by atoms with E-state index in [0.29, 0.717) is 11.7 Å². The molecule has 0 aliphatic carbocycles. The highest BCUT2D eigenvalue weighted by molar-refractivity contribution is 5.79. The number of aromatic hydroxyl groups is 1. The Hall–Kier alpha value is -2.10. The maximum atomic E-state index is 10.7. The number of carbonyl (C=O) groups is 2. The monoisotopic (exact) mass is 374 g/mol. The van der Waals surface area contributed by atoms with Crippen LogP contribution in [-0.4, -0.2) is 22.5 Å². The van der Waals surface area contributed by atoms with Crippen molar-refractivity contribution in [3.8, 4) is 5.75 Å². The first-order chi connectivity index (χ1) is 13.0. The van der Waals surface area contributed by atoms with Crippen LogP contribution in [0.5, 0.6) is 5.75 Å². The van der Waals surface area contributed by atoms with E-state index in [1.807, 2.05) is 19.1 Å². The fraction of sp³-hybridized carbons (Fsp3) is 0.565. The van der Waals surface area contributed by atoms with Gasteiger partial charge in [0.05, 0.1) is 0 Å². The van der Waals surface area contributed by atoms with Crippen LogP contribution in [-0.2, 0) is 16.0 Å². The smallest absolute Gasteiger partial charge is 0.327 e. The number of aliphatic carboxylic acids is 1. The molecule has 0 heterocycles. The summed E-state index contributed by atoms with van der Waals surface area (Å²) in [6.07, 6.45) is 14.6. The molecule has 0 aromatic heterocycles. The van der Waals surface area contributed by atoms with Crippen molar-refractivity contribution in [2.24, 2.45) is 11.8 Å². The summed E-state index contributed by atoms with van der Waals surface area (Å²) in [4.78, 5) is 21.2. The number of benzene rings is 1. The average Bonchev–Trinajstić information content (AvgIpc) is 2.65. The van der Waals surface area contributed by atoms with E-state index in [1.165, 1.54) is 24.5 Å². The molecule has 0 saturated carbocycles. The van der Waals surface area contributed by atoms with Gasteiger partial charge in [0, 0.05) is 12.0 Å². The van der Waals surface area contributed by atoms with Crippen molar-refractivity contribution < 1.29 is 19.8 Å². The minimum Gasteiger partial charge on any atom is -0.508 e. The zero-order valence-corrected chi connectivity index (χ0v) is 16.5. The first kappa shape index (κ1) is 22.9. The second-order valence-electron chi connectivity index (χ2n) is 7.51. The molecule has 0 amide bonds. The first-order valence-corrected chi connectivity index (χ1v) is 10.1. The van der Waals surface area contributed by atoms with Crippen LogP contribution in [0.1, 0.15) is 70.3 Å². The van der Waals surface area contributed by atoms with Crippen LogP contribution in [0.25, 0.3) is 0 Å². The Morgan fingerprint density at radius 2 is 1.63 bits per heavy atom. The zero-order valence-electron chi connectivity index (χ0n) is 16.5. The van der Waals surface area contributed by atoms with E-state index in [9.17, 15) is 14.7 Å². The van der Waals surface area contributed by atoms with Crippen molar-refractivity contribution in [1.82, 2.24) is 0 Å². The number of aldehydes is 1. The molecule has 2 atom stereocenters. The lowest BCUT2D eigenvalue weighted by molar-refractivity contribution is -0.131. The van der Waals surface area contributed by atoms with Crippen molar-refractivity contribution in [3.63, 3.8) is 0 Å². The summed E-state index contributed by atoms with van der Waals surface area (Å²) in [5.74, 6) is 0.173. The number of carbonyl (C=O) groups excluding carboxylic acids is 1. The summed E-state index contributed by atoms with van der Waals surface area (Å²) >= 11 is 0. The van der Waals surface area contributed by atoms with Gasteiger partial charge in [0.25, 0.3) is 0 Å². The number of hydrogen-bond donors (Lipinski definition) is 2. The predicted octanol–water partition coefficient (Wildman–Crippen LogP) is 5.54. The van der Waals surface area contributed by atoms with Crippen molar-refractivity contribution in [1.29, 1.82) is 0 Å². The van der Waals surface area contributed by atoms with Crippen LogP contribution in [0, 0.1) is 11.8 Å². The summed E-state index contributed by atoms with van der Waals surface area (Å²) < 4.78 is 0. The molecule has 1 aromatic rings. The average molecular weight is 375 g/mol. The summed E-state index contributed by atoms with van der Waals surface area (Å²) in [6.45, 7) is 1.97. The third-order valence-corrected chi connectivity index (χ3v) is 4.96. The third kappa shape index (κ3) is 12.0. The lowest BCUT2D eigenvalue weighted by Crippen LogP contribution is -2.05. The summed E-state index contributed by atoms with van der Waals surface area (Å²) in [5.41, 5.74) is 1.25. The largest absolute Gasteiger partial charge is 0.508 e. The van der Waals surface area contributed by atoms with Crippen LogP contribution >= 0.6 is 0 Å². The van der Waals surface area contributed by atoms with E-state index in [2.05, 4.69) is 0 Å². The van der Waals surface area contributed by atoms with Gasteiger partial charge >= 0.3 is 5.97 Å². The fourth-order valence-corrected chi connectivity index (χ4v) is 3.34. The van der Waals surface area contributed by atoms with Crippen LogP contribution in [0.4, 0.5) is 0 Å². The molecule has 0 bridgehead atoms. The van der Waals surface area contributed by atoms with Crippen molar-refractivity contribution in [2.75, 3.05) is 0 Å². The number of phenols is 1. The quantitative estimate of drug-likeness (QED) is 0.240. The molecular weight excluding hydrogens is 340 g/mol. The van der Waals surface area contributed by atoms with E-state index in [-0.39, 0.29) is 5.92 Å². The standard InChI is InChI=1S/C23H34O4/c1-19(18-24)9-5-4-7-11-20(10-6-2-3-8-12-23(26)27)17-21-13-15-22(25)16-14-21/h8,12-16,18-20,25H,2-7,9-11,17H2,1H3,(H,26,27)/t19-,20-/m0/s1. The molecule has 0 radical (unpaired) electrons. The number of unbranched alkanes of at least 4 members (excludes halogenated alkanes) is 4. The highest BCUT2D eigenvalue weighted by atomic mass is 16.4. The zero-order chi connectivity index (χ0) is 19.9. The maximum Gasteiger partial charge on any atom is 0.327 e. The summed E-state index contributed by atoms with van der Waals surface area (Å²) in [5, 5.41) is 18.1. The molecular formula is C23H34O4. The molecule has 0 aliphatic heterocycles. The Balaban J connectivity index is 2.39. The van der Waals surface area contributed by atoms with E-state index in [1.54, 1.807) is 18.2 Å². The highest BCUT2D eigenvalue weighted by Crippen LogP contribution is 2.23. The van der Waals surface area contributed by atoms with Gasteiger partial charge in [-0.05, 0) is 49.3 Å². The van der Waals surface area contributed by atoms with E-state index in [4.69, 9.17) is 5.11 Å². The molecule has 0 saturated heterocycles. The Labute approximate surface area is 163 Å². The van der Waals surface area contributed by atoms with Gasteiger partial charge in [-0.25, -0.2) is 4.79 Å². The van der Waals surface area contributed by atoms with E-state index >= 15 is 0 Å².